The van der Waals surface area contributed by atoms with E-state index in [1.165, 1.54) is 0 Å². The van der Waals surface area contributed by atoms with E-state index in [-0.39, 0.29) is 12.5 Å². The fourth-order valence-corrected chi connectivity index (χ4v) is 2.32. The van der Waals surface area contributed by atoms with E-state index in [0.29, 0.717) is 18.2 Å². The molecule has 92 valence electrons. The Morgan fingerprint density at radius 3 is 2.82 bits per heavy atom. The van der Waals surface area contributed by atoms with Crippen LogP contribution >= 0.6 is 15.9 Å². The molecule has 1 aliphatic carbocycles. The van der Waals surface area contributed by atoms with Crippen molar-refractivity contribution in [2.45, 2.75) is 25.8 Å². The number of aliphatic hydroxyl groups excluding tert-OH is 1. The van der Waals surface area contributed by atoms with Crippen molar-refractivity contribution in [2.75, 3.05) is 13.2 Å². The molecule has 0 radical (unpaired) electrons. The smallest absolute Gasteiger partial charge is 0.255 e. The summed E-state index contributed by atoms with van der Waals surface area (Å²) in [6.07, 6.45) is 2.10. The second-order valence-electron chi connectivity index (χ2n) is 4.44. The Balaban J connectivity index is 2.24. The quantitative estimate of drug-likeness (QED) is 0.927. The van der Waals surface area contributed by atoms with Gasteiger partial charge in [-0.25, -0.2) is 0 Å². The van der Waals surface area contributed by atoms with Crippen molar-refractivity contribution >= 4 is 21.8 Å². The predicted octanol–water partition coefficient (Wildman–Crippen LogP) is 2.35. The lowest BCUT2D eigenvalue weighted by Gasteiger charge is -2.22. The summed E-state index contributed by atoms with van der Waals surface area (Å²) in [5.41, 5.74) is 1.75. The Kier molecular flexibility index (Phi) is 3.84. The number of hydrogen-bond donors (Lipinski definition) is 1. The normalized spacial score (nSPS) is 14.8. The maximum Gasteiger partial charge on any atom is 0.255 e. The molecule has 1 aromatic carbocycles. The highest BCUT2D eigenvalue weighted by Gasteiger charge is 2.33. The zero-order valence-corrected chi connectivity index (χ0v) is 11.4. The van der Waals surface area contributed by atoms with Crippen LogP contribution < -0.4 is 0 Å². The number of benzene rings is 1. The third kappa shape index (κ3) is 2.87. The van der Waals surface area contributed by atoms with Gasteiger partial charge in [0, 0.05) is 17.1 Å². The fourth-order valence-electron chi connectivity index (χ4n) is 1.90. The summed E-state index contributed by atoms with van der Waals surface area (Å²) in [6.45, 7) is 2.41. The molecule has 1 aromatic rings. The number of carbonyl (C=O) groups is 1. The summed E-state index contributed by atoms with van der Waals surface area (Å²) >= 11 is 3.41. The van der Waals surface area contributed by atoms with E-state index in [4.69, 9.17) is 5.11 Å². The van der Waals surface area contributed by atoms with Crippen molar-refractivity contribution in [3.05, 3.63) is 33.8 Å². The minimum absolute atomic E-state index is 0.0112. The molecule has 2 rings (SSSR count). The van der Waals surface area contributed by atoms with Gasteiger partial charge in [0.2, 0.25) is 0 Å². The van der Waals surface area contributed by atoms with Gasteiger partial charge < -0.3 is 10.0 Å². The van der Waals surface area contributed by atoms with Gasteiger partial charge in [-0.2, -0.15) is 0 Å². The van der Waals surface area contributed by atoms with Gasteiger partial charge >= 0.3 is 0 Å². The van der Waals surface area contributed by atoms with Crippen LogP contribution in [0.5, 0.6) is 0 Å². The first-order valence-electron chi connectivity index (χ1n) is 5.81. The molecule has 0 atom stereocenters. The Morgan fingerprint density at radius 1 is 1.53 bits per heavy atom. The van der Waals surface area contributed by atoms with E-state index in [2.05, 4.69) is 15.9 Å². The van der Waals surface area contributed by atoms with Crippen LogP contribution in [0, 0.1) is 6.92 Å². The van der Waals surface area contributed by atoms with Gasteiger partial charge in [0.05, 0.1) is 12.2 Å². The van der Waals surface area contributed by atoms with Crippen LogP contribution in [0.2, 0.25) is 0 Å². The number of aliphatic hydroxyl groups is 1. The van der Waals surface area contributed by atoms with E-state index in [0.717, 1.165) is 22.9 Å². The molecular weight excluding hydrogens is 282 g/mol. The molecule has 0 bridgehead atoms. The molecule has 1 saturated carbocycles. The van der Waals surface area contributed by atoms with Crippen LogP contribution in [0.3, 0.4) is 0 Å². The Labute approximate surface area is 110 Å². The van der Waals surface area contributed by atoms with Crippen molar-refractivity contribution in [2.24, 2.45) is 0 Å². The minimum Gasteiger partial charge on any atom is -0.395 e. The summed E-state index contributed by atoms with van der Waals surface area (Å²) in [6, 6.07) is 6.07. The van der Waals surface area contributed by atoms with Gasteiger partial charge in [-0.05, 0) is 47.8 Å². The van der Waals surface area contributed by atoms with Crippen LogP contribution in [0.25, 0.3) is 0 Å². The number of halogens is 1. The van der Waals surface area contributed by atoms with Gasteiger partial charge in [0.15, 0.2) is 0 Å². The Morgan fingerprint density at radius 2 is 2.24 bits per heavy atom. The van der Waals surface area contributed by atoms with Crippen molar-refractivity contribution in [3.63, 3.8) is 0 Å². The number of hydrogen-bond acceptors (Lipinski definition) is 2. The average Bonchev–Trinajstić information content (AvgIpc) is 3.12. The lowest BCUT2D eigenvalue weighted by atomic mass is 10.1. The molecule has 0 saturated heterocycles. The number of nitrogens with zero attached hydrogens (tertiary/aromatic N) is 1. The first kappa shape index (κ1) is 12.6. The summed E-state index contributed by atoms with van der Waals surface area (Å²) < 4.78 is 0.816. The molecule has 1 fully saturated rings. The van der Waals surface area contributed by atoms with Crippen molar-refractivity contribution in [3.8, 4) is 0 Å². The highest BCUT2D eigenvalue weighted by molar-refractivity contribution is 9.10. The number of carbonyl (C=O) groups excluding carboxylic acids is 1. The summed E-state index contributed by atoms with van der Waals surface area (Å²) in [4.78, 5) is 14.2. The highest BCUT2D eigenvalue weighted by atomic mass is 79.9. The van der Waals surface area contributed by atoms with E-state index < -0.39 is 0 Å². The molecule has 3 nitrogen and oxygen atoms in total. The molecular formula is C13H16BrNO2. The maximum atomic E-state index is 12.4. The first-order chi connectivity index (χ1) is 8.13. The monoisotopic (exact) mass is 297 g/mol. The van der Waals surface area contributed by atoms with Gasteiger partial charge in [0.25, 0.3) is 5.91 Å². The highest BCUT2D eigenvalue weighted by Crippen LogP contribution is 2.29. The average molecular weight is 298 g/mol. The van der Waals surface area contributed by atoms with Crippen LogP contribution in [-0.4, -0.2) is 35.1 Å². The Bertz CT molecular complexity index is 429. The summed E-state index contributed by atoms with van der Waals surface area (Å²) in [7, 11) is 0. The van der Waals surface area contributed by atoms with Crippen LogP contribution in [0.4, 0.5) is 0 Å². The zero-order valence-electron chi connectivity index (χ0n) is 9.82. The molecule has 17 heavy (non-hydrogen) atoms. The van der Waals surface area contributed by atoms with E-state index in [9.17, 15) is 4.79 Å². The zero-order chi connectivity index (χ0) is 12.4. The van der Waals surface area contributed by atoms with Crippen LogP contribution in [0.15, 0.2) is 22.7 Å². The predicted molar refractivity (Wildman–Crippen MR) is 70.0 cm³/mol. The lowest BCUT2D eigenvalue weighted by molar-refractivity contribution is 0.0706. The fraction of sp³-hybridized carbons (Fsp3) is 0.462. The second kappa shape index (κ2) is 5.19. The van der Waals surface area contributed by atoms with Gasteiger partial charge in [-0.1, -0.05) is 11.6 Å². The Hall–Kier alpha value is -0.870. The molecule has 0 spiro atoms. The van der Waals surface area contributed by atoms with Gasteiger partial charge in [-0.15, -0.1) is 0 Å². The molecule has 0 heterocycles. The SMILES string of the molecule is Cc1ccc(Br)c(C(=O)N(CCO)C2CC2)c1. The number of rotatable bonds is 4. The standard InChI is InChI=1S/C13H16BrNO2/c1-9-2-5-12(14)11(8-9)13(17)15(6-7-16)10-3-4-10/h2,5,8,10,16H,3-4,6-7H2,1H3. The third-order valence-electron chi connectivity index (χ3n) is 2.94. The van der Waals surface area contributed by atoms with Gasteiger partial charge in [-0.3, -0.25) is 4.79 Å². The molecule has 1 aliphatic rings. The number of aryl methyl sites for hydroxylation is 1. The summed E-state index contributed by atoms with van der Waals surface area (Å²) in [5.74, 6) is 0.0112. The molecule has 1 amide bonds. The maximum absolute atomic E-state index is 12.4. The van der Waals surface area contributed by atoms with E-state index in [1.807, 2.05) is 25.1 Å². The van der Waals surface area contributed by atoms with E-state index in [1.54, 1.807) is 4.90 Å². The molecule has 0 aromatic heterocycles. The molecule has 0 unspecified atom stereocenters. The number of amides is 1. The van der Waals surface area contributed by atoms with Crippen molar-refractivity contribution in [1.29, 1.82) is 0 Å². The molecule has 4 heteroatoms. The van der Waals surface area contributed by atoms with Crippen LogP contribution in [-0.2, 0) is 0 Å². The van der Waals surface area contributed by atoms with Crippen molar-refractivity contribution < 1.29 is 9.90 Å². The minimum atomic E-state index is 0.0112. The lowest BCUT2D eigenvalue weighted by Crippen LogP contribution is -2.35. The van der Waals surface area contributed by atoms with E-state index >= 15 is 0 Å². The molecule has 0 aliphatic heterocycles. The van der Waals surface area contributed by atoms with Crippen LogP contribution in [0.1, 0.15) is 28.8 Å². The molecule has 1 N–H and O–H groups in total. The topological polar surface area (TPSA) is 40.5 Å². The summed E-state index contributed by atoms with van der Waals surface area (Å²) in [5, 5.41) is 9.03. The third-order valence-corrected chi connectivity index (χ3v) is 3.63. The second-order valence-corrected chi connectivity index (χ2v) is 5.29. The largest absolute Gasteiger partial charge is 0.395 e. The van der Waals surface area contributed by atoms with Gasteiger partial charge in [0.1, 0.15) is 0 Å². The van der Waals surface area contributed by atoms with Crippen molar-refractivity contribution in [1.82, 2.24) is 4.90 Å². The first-order valence-corrected chi connectivity index (χ1v) is 6.60.